The molecule has 0 aromatic rings. The maximum Gasteiger partial charge on any atom is 0.0362 e. The van der Waals surface area contributed by atoms with Crippen LogP contribution in [-0.4, -0.2) is 37.6 Å². The normalized spacial score (nSPS) is 32.2. The Hall–Kier alpha value is -0.0800. The van der Waals surface area contributed by atoms with Gasteiger partial charge in [-0.2, -0.15) is 0 Å². The van der Waals surface area contributed by atoms with Crippen molar-refractivity contribution in [2.24, 2.45) is 5.92 Å². The van der Waals surface area contributed by atoms with E-state index in [1.165, 1.54) is 13.0 Å². The lowest BCUT2D eigenvalue weighted by atomic mass is 9.84. The van der Waals surface area contributed by atoms with E-state index < -0.39 is 0 Å². The van der Waals surface area contributed by atoms with Crippen LogP contribution < -0.4 is 5.32 Å². The molecule has 1 aliphatic heterocycles. The quantitative estimate of drug-likeness (QED) is 0.640. The molecule has 66 valence electrons. The van der Waals surface area contributed by atoms with Gasteiger partial charge in [-0.15, -0.1) is 0 Å². The van der Waals surface area contributed by atoms with E-state index in [1.807, 2.05) is 0 Å². The van der Waals surface area contributed by atoms with Crippen LogP contribution in [0.5, 0.6) is 0 Å². The molecule has 0 aromatic heterocycles. The predicted molar refractivity (Wildman–Crippen MR) is 48.7 cm³/mol. The molecule has 0 aliphatic carbocycles. The summed E-state index contributed by atoms with van der Waals surface area (Å²) in [5.41, 5.74) is 0.417. The van der Waals surface area contributed by atoms with Gasteiger partial charge in [0.05, 0.1) is 0 Å². The lowest BCUT2D eigenvalue weighted by Gasteiger charge is -2.39. The highest BCUT2D eigenvalue weighted by atomic mass is 15.2. The Bertz CT molecular complexity index is 114. The van der Waals surface area contributed by atoms with Crippen molar-refractivity contribution >= 4 is 0 Å². The Labute approximate surface area is 70.0 Å². The van der Waals surface area contributed by atoms with Crippen molar-refractivity contribution in [2.75, 3.05) is 27.2 Å². The largest absolute Gasteiger partial charge is 0.315 e. The second kappa shape index (κ2) is 3.11. The maximum absolute atomic E-state index is 3.43. The molecule has 1 N–H and O–H groups in total. The van der Waals surface area contributed by atoms with Crippen molar-refractivity contribution in [3.05, 3.63) is 0 Å². The van der Waals surface area contributed by atoms with E-state index in [-0.39, 0.29) is 0 Å². The number of nitrogens with one attached hydrogen (secondary N) is 1. The van der Waals surface area contributed by atoms with E-state index >= 15 is 0 Å². The first-order valence-electron chi connectivity index (χ1n) is 4.48. The van der Waals surface area contributed by atoms with Crippen LogP contribution in [0.25, 0.3) is 0 Å². The highest BCUT2D eigenvalue weighted by Gasteiger charge is 2.38. The van der Waals surface area contributed by atoms with Crippen LogP contribution in [0.2, 0.25) is 0 Å². The third kappa shape index (κ3) is 1.42. The summed E-state index contributed by atoms with van der Waals surface area (Å²) in [5.74, 6) is 0.743. The molecule has 2 heteroatoms. The van der Waals surface area contributed by atoms with Gasteiger partial charge in [0.15, 0.2) is 0 Å². The van der Waals surface area contributed by atoms with Gasteiger partial charge < -0.3 is 10.2 Å². The van der Waals surface area contributed by atoms with Gasteiger partial charge in [0.1, 0.15) is 0 Å². The molecule has 0 radical (unpaired) electrons. The molecular formula is C9H20N2. The second-order valence-corrected chi connectivity index (χ2v) is 4.08. The Morgan fingerprint density at radius 3 is 2.18 bits per heavy atom. The van der Waals surface area contributed by atoms with Gasteiger partial charge in [0.2, 0.25) is 0 Å². The number of rotatable bonds is 2. The fourth-order valence-corrected chi connectivity index (χ4v) is 2.09. The van der Waals surface area contributed by atoms with E-state index in [0.29, 0.717) is 5.54 Å². The van der Waals surface area contributed by atoms with E-state index in [1.54, 1.807) is 0 Å². The summed E-state index contributed by atoms with van der Waals surface area (Å²) < 4.78 is 0. The molecule has 0 bridgehead atoms. The molecule has 1 rings (SSSR count). The van der Waals surface area contributed by atoms with Crippen LogP contribution in [0.1, 0.15) is 20.3 Å². The van der Waals surface area contributed by atoms with Crippen molar-refractivity contribution in [1.29, 1.82) is 0 Å². The first-order chi connectivity index (χ1) is 5.09. The molecule has 1 aliphatic rings. The maximum atomic E-state index is 3.43. The smallest absolute Gasteiger partial charge is 0.0362 e. The molecule has 0 saturated carbocycles. The van der Waals surface area contributed by atoms with Gasteiger partial charge in [-0.05, 0) is 33.0 Å². The molecule has 0 amide bonds. The molecule has 1 unspecified atom stereocenters. The summed E-state index contributed by atoms with van der Waals surface area (Å²) in [5, 5.41) is 3.43. The minimum absolute atomic E-state index is 0.417. The summed E-state index contributed by atoms with van der Waals surface area (Å²) in [6, 6.07) is 0. The van der Waals surface area contributed by atoms with Gasteiger partial charge in [-0.3, -0.25) is 0 Å². The second-order valence-electron chi connectivity index (χ2n) is 4.08. The predicted octanol–water partition coefficient (Wildman–Crippen LogP) is 0.936. The van der Waals surface area contributed by atoms with Gasteiger partial charge in [0.25, 0.3) is 0 Å². The number of hydrogen-bond donors (Lipinski definition) is 1. The van der Waals surface area contributed by atoms with E-state index in [2.05, 4.69) is 38.2 Å². The summed E-state index contributed by atoms with van der Waals surface area (Å²) in [6.45, 7) is 6.95. The average molecular weight is 156 g/mol. The number of nitrogens with zero attached hydrogens (tertiary/aromatic N) is 1. The molecular weight excluding hydrogens is 136 g/mol. The molecule has 1 saturated heterocycles. The SMILES string of the molecule is CC(C)C1(N(C)C)CCNC1. The zero-order valence-electron chi connectivity index (χ0n) is 8.15. The highest BCUT2D eigenvalue weighted by Crippen LogP contribution is 2.28. The van der Waals surface area contributed by atoms with Crippen LogP contribution in [-0.2, 0) is 0 Å². The number of hydrogen-bond acceptors (Lipinski definition) is 2. The Morgan fingerprint density at radius 1 is 1.36 bits per heavy atom. The molecule has 1 fully saturated rings. The lowest BCUT2D eigenvalue weighted by Crippen LogP contribution is -2.50. The van der Waals surface area contributed by atoms with Gasteiger partial charge in [0, 0.05) is 12.1 Å². The topological polar surface area (TPSA) is 15.3 Å². The first kappa shape index (κ1) is 9.01. The van der Waals surface area contributed by atoms with Crippen LogP contribution in [0.4, 0.5) is 0 Å². The highest BCUT2D eigenvalue weighted by molar-refractivity contribution is 4.97. The van der Waals surface area contributed by atoms with Crippen LogP contribution >= 0.6 is 0 Å². The molecule has 1 atom stereocenters. The molecule has 11 heavy (non-hydrogen) atoms. The summed E-state index contributed by atoms with van der Waals surface area (Å²) >= 11 is 0. The zero-order valence-corrected chi connectivity index (χ0v) is 8.15. The monoisotopic (exact) mass is 156 g/mol. The van der Waals surface area contributed by atoms with Crippen molar-refractivity contribution in [1.82, 2.24) is 10.2 Å². The summed E-state index contributed by atoms with van der Waals surface area (Å²) in [6.07, 6.45) is 1.29. The van der Waals surface area contributed by atoms with Crippen molar-refractivity contribution in [2.45, 2.75) is 25.8 Å². The van der Waals surface area contributed by atoms with Crippen molar-refractivity contribution in [3.63, 3.8) is 0 Å². The summed E-state index contributed by atoms with van der Waals surface area (Å²) in [4.78, 5) is 2.37. The minimum Gasteiger partial charge on any atom is -0.315 e. The fraction of sp³-hybridized carbons (Fsp3) is 1.00. The van der Waals surface area contributed by atoms with E-state index in [0.717, 1.165) is 12.5 Å². The average Bonchev–Trinajstić information content (AvgIpc) is 2.34. The Morgan fingerprint density at radius 2 is 2.00 bits per heavy atom. The minimum atomic E-state index is 0.417. The standard InChI is InChI=1S/C9H20N2/c1-8(2)9(11(3)4)5-6-10-7-9/h8,10H,5-7H2,1-4H3. The van der Waals surface area contributed by atoms with Gasteiger partial charge in [-0.25, -0.2) is 0 Å². The summed E-state index contributed by atoms with van der Waals surface area (Å²) in [7, 11) is 4.38. The van der Waals surface area contributed by atoms with E-state index in [4.69, 9.17) is 0 Å². The molecule has 1 heterocycles. The van der Waals surface area contributed by atoms with Crippen LogP contribution in [0.15, 0.2) is 0 Å². The number of likely N-dealkylation sites (N-methyl/N-ethyl adjacent to an activating group) is 1. The van der Waals surface area contributed by atoms with Crippen molar-refractivity contribution < 1.29 is 0 Å². The first-order valence-corrected chi connectivity index (χ1v) is 4.48. The third-order valence-corrected chi connectivity index (χ3v) is 3.13. The van der Waals surface area contributed by atoms with Gasteiger partial charge >= 0.3 is 0 Å². The Balaban J connectivity index is 2.70. The third-order valence-electron chi connectivity index (χ3n) is 3.13. The molecule has 0 spiro atoms. The van der Waals surface area contributed by atoms with E-state index in [9.17, 15) is 0 Å². The molecule has 2 nitrogen and oxygen atoms in total. The van der Waals surface area contributed by atoms with Crippen molar-refractivity contribution in [3.8, 4) is 0 Å². The lowest BCUT2D eigenvalue weighted by molar-refractivity contribution is 0.116. The van der Waals surface area contributed by atoms with Crippen LogP contribution in [0, 0.1) is 5.92 Å². The fourth-order valence-electron chi connectivity index (χ4n) is 2.09. The molecule has 0 aromatic carbocycles. The van der Waals surface area contributed by atoms with Gasteiger partial charge in [-0.1, -0.05) is 13.8 Å². The Kier molecular flexibility index (Phi) is 2.55. The van der Waals surface area contributed by atoms with Crippen LogP contribution in [0.3, 0.4) is 0 Å². The zero-order chi connectivity index (χ0) is 8.48.